The van der Waals surface area contributed by atoms with Crippen LogP contribution in [0.1, 0.15) is 45.6 Å². The number of fused-ring (bicyclic) bond motifs is 1. The van der Waals surface area contributed by atoms with Gasteiger partial charge in [0.15, 0.2) is 5.69 Å². The van der Waals surface area contributed by atoms with Crippen molar-refractivity contribution < 1.29 is 9.18 Å². The molecule has 0 unspecified atom stereocenters. The van der Waals surface area contributed by atoms with Crippen molar-refractivity contribution in [1.29, 1.82) is 0 Å². The number of nitrogens with one attached hydrogen (secondary N) is 1. The van der Waals surface area contributed by atoms with Gasteiger partial charge in [0.05, 0.1) is 5.69 Å². The first-order chi connectivity index (χ1) is 15.1. The Morgan fingerprint density at radius 1 is 1.10 bits per heavy atom. The normalized spacial score (nSPS) is 13.7. The zero-order valence-electron chi connectivity index (χ0n) is 17.1. The van der Waals surface area contributed by atoms with Crippen molar-refractivity contribution in [3.63, 3.8) is 0 Å². The summed E-state index contributed by atoms with van der Waals surface area (Å²) in [5.41, 5.74) is 4.23. The van der Waals surface area contributed by atoms with Crippen molar-refractivity contribution in [1.82, 2.24) is 24.6 Å². The number of nitrogens with zero attached hydrogens (tertiary/aromatic N) is 4. The molecule has 1 aliphatic rings. The van der Waals surface area contributed by atoms with Crippen LogP contribution in [-0.2, 0) is 19.9 Å². The molecule has 31 heavy (non-hydrogen) atoms. The fraction of sp³-hybridized carbons (Fsp3) is 0.208. The average Bonchev–Trinajstić information content (AvgIpc) is 3.50. The summed E-state index contributed by atoms with van der Waals surface area (Å²) in [7, 11) is 1.87. The summed E-state index contributed by atoms with van der Waals surface area (Å²) < 4.78 is 17.2. The molecule has 0 saturated carbocycles. The van der Waals surface area contributed by atoms with Crippen LogP contribution in [0.25, 0.3) is 5.69 Å². The highest BCUT2D eigenvalue weighted by molar-refractivity contribution is 5.94. The van der Waals surface area contributed by atoms with Crippen LogP contribution in [-0.4, -0.2) is 25.2 Å². The molecule has 0 bridgehead atoms. The van der Waals surface area contributed by atoms with Crippen LogP contribution in [0.3, 0.4) is 0 Å². The molecule has 1 aliphatic carbocycles. The van der Waals surface area contributed by atoms with E-state index in [1.165, 1.54) is 12.1 Å². The third-order valence-corrected chi connectivity index (χ3v) is 5.74. The lowest BCUT2D eigenvalue weighted by molar-refractivity contribution is 0.0934. The number of benzene rings is 2. The zero-order valence-corrected chi connectivity index (χ0v) is 17.1. The van der Waals surface area contributed by atoms with E-state index in [1.54, 1.807) is 18.3 Å². The number of carbonyl (C=O) groups is 1. The Hall–Kier alpha value is -3.74. The smallest absolute Gasteiger partial charge is 0.272 e. The van der Waals surface area contributed by atoms with Gasteiger partial charge in [-0.05, 0) is 49.1 Å². The summed E-state index contributed by atoms with van der Waals surface area (Å²) >= 11 is 0. The van der Waals surface area contributed by atoms with E-state index in [2.05, 4.69) is 15.4 Å². The van der Waals surface area contributed by atoms with E-state index in [-0.39, 0.29) is 11.7 Å². The van der Waals surface area contributed by atoms with Gasteiger partial charge in [-0.1, -0.05) is 30.3 Å². The number of hydrogen-bond donors (Lipinski definition) is 1. The Kier molecular flexibility index (Phi) is 4.86. The summed E-state index contributed by atoms with van der Waals surface area (Å²) in [6.45, 7) is 0. The maximum Gasteiger partial charge on any atom is 0.272 e. The minimum Gasteiger partial charge on any atom is -0.337 e. The molecular formula is C24H22FN5O. The summed E-state index contributed by atoms with van der Waals surface area (Å²) in [5, 5.41) is 7.77. The monoisotopic (exact) mass is 415 g/mol. The summed E-state index contributed by atoms with van der Waals surface area (Å²) in [5.74, 6) is 0.0809. The molecule has 7 heteroatoms. The summed E-state index contributed by atoms with van der Waals surface area (Å²) in [4.78, 5) is 17.8. The highest BCUT2D eigenvalue weighted by atomic mass is 19.1. The Balaban J connectivity index is 1.52. The van der Waals surface area contributed by atoms with E-state index < -0.39 is 6.04 Å². The Bertz CT molecular complexity index is 1230. The number of carbonyl (C=O) groups excluding carboxylic acids is 1. The van der Waals surface area contributed by atoms with Crippen molar-refractivity contribution >= 4 is 5.91 Å². The molecule has 0 spiro atoms. The SMILES string of the molecule is Cn1ccnc1[C@H](NC(=O)c1nn(-c2ccccc2)c2c1CCC2)c1ccc(F)cc1. The van der Waals surface area contributed by atoms with Gasteiger partial charge >= 0.3 is 0 Å². The highest BCUT2D eigenvalue weighted by Crippen LogP contribution is 2.29. The molecule has 2 aromatic heterocycles. The molecule has 2 heterocycles. The number of imidazole rings is 1. The van der Waals surface area contributed by atoms with Crippen molar-refractivity contribution in [3.05, 3.63) is 101 Å². The lowest BCUT2D eigenvalue weighted by atomic mass is 10.1. The summed E-state index contributed by atoms with van der Waals surface area (Å²) in [6, 6.07) is 15.5. The number of aryl methyl sites for hydroxylation is 1. The van der Waals surface area contributed by atoms with Gasteiger partial charge < -0.3 is 9.88 Å². The molecule has 4 aromatic rings. The minimum atomic E-state index is -0.521. The van der Waals surface area contributed by atoms with Crippen LogP contribution < -0.4 is 5.32 Å². The van der Waals surface area contributed by atoms with Crippen LogP contribution in [0.2, 0.25) is 0 Å². The first-order valence-electron chi connectivity index (χ1n) is 10.3. The van der Waals surface area contributed by atoms with Gasteiger partial charge in [0, 0.05) is 30.7 Å². The molecule has 156 valence electrons. The quantitative estimate of drug-likeness (QED) is 0.540. The molecule has 0 saturated heterocycles. The van der Waals surface area contributed by atoms with E-state index in [0.29, 0.717) is 11.5 Å². The molecule has 6 nitrogen and oxygen atoms in total. The second kappa shape index (κ2) is 7.83. The Morgan fingerprint density at radius 3 is 2.58 bits per heavy atom. The second-order valence-electron chi connectivity index (χ2n) is 7.73. The van der Waals surface area contributed by atoms with Gasteiger partial charge in [-0.2, -0.15) is 5.10 Å². The largest absolute Gasteiger partial charge is 0.337 e. The van der Waals surface area contributed by atoms with Crippen LogP contribution in [0.15, 0.2) is 67.0 Å². The molecule has 0 fully saturated rings. The van der Waals surface area contributed by atoms with E-state index >= 15 is 0 Å². The van der Waals surface area contributed by atoms with E-state index in [4.69, 9.17) is 0 Å². The zero-order chi connectivity index (χ0) is 21.4. The van der Waals surface area contributed by atoms with Crippen molar-refractivity contribution in [3.8, 4) is 5.69 Å². The van der Waals surface area contributed by atoms with Gasteiger partial charge in [0.1, 0.15) is 17.7 Å². The topological polar surface area (TPSA) is 64.7 Å². The van der Waals surface area contributed by atoms with Gasteiger partial charge in [-0.3, -0.25) is 4.79 Å². The van der Waals surface area contributed by atoms with Crippen molar-refractivity contribution in [2.24, 2.45) is 7.05 Å². The molecule has 2 aromatic carbocycles. The molecule has 1 amide bonds. The standard InChI is InChI=1S/C24H22FN5O/c1-29-15-14-26-23(29)21(16-10-12-17(25)13-11-16)27-24(31)22-19-8-5-9-20(19)30(28-22)18-6-3-2-4-7-18/h2-4,6-7,10-15,21H,5,8-9H2,1H3,(H,27,31)/t21-/m1/s1. The van der Waals surface area contributed by atoms with E-state index in [0.717, 1.165) is 41.8 Å². The molecule has 1 atom stereocenters. The number of hydrogen-bond acceptors (Lipinski definition) is 3. The maximum absolute atomic E-state index is 13.5. The molecule has 0 aliphatic heterocycles. The molecular weight excluding hydrogens is 393 g/mol. The number of amides is 1. The molecule has 5 rings (SSSR count). The number of aromatic nitrogens is 4. The minimum absolute atomic E-state index is 0.259. The molecule has 0 radical (unpaired) electrons. The van der Waals surface area contributed by atoms with E-state index in [9.17, 15) is 9.18 Å². The lowest BCUT2D eigenvalue weighted by Gasteiger charge is -2.19. The first-order valence-corrected chi connectivity index (χ1v) is 10.3. The van der Waals surface area contributed by atoms with Crippen molar-refractivity contribution in [2.75, 3.05) is 0 Å². The lowest BCUT2D eigenvalue weighted by Crippen LogP contribution is -2.32. The number of rotatable bonds is 5. The van der Waals surface area contributed by atoms with Crippen LogP contribution in [0.5, 0.6) is 0 Å². The summed E-state index contributed by atoms with van der Waals surface area (Å²) in [6.07, 6.45) is 6.22. The number of para-hydroxylation sites is 1. The Labute approximate surface area is 179 Å². The second-order valence-corrected chi connectivity index (χ2v) is 7.73. The predicted octanol–water partition coefficient (Wildman–Crippen LogP) is 3.75. The highest BCUT2D eigenvalue weighted by Gasteiger charge is 2.29. The molecule has 1 N–H and O–H groups in total. The van der Waals surface area contributed by atoms with Gasteiger partial charge in [-0.25, -0.2) is 14.1 Å². The van der Waals surface area contributed by atoms with E-state index in [1.807, 2.05) is 52.8 Å². The average molecular weight is 415 g/mol. The van der Waals surface area contributed by atoms with Gasteiger partial charge in [0.25, 0.3) is 5.91 Å². The van der Waals surface area contributed by atoms with Crippen LogP contribution >= 0.6 is 0 Å². The third kappa shape index (κ3) is 3.52. The maximum atomic E-state index is 13.5. The van der Waals surface area contributed by atoms with Crippen LogP contribution in [0.4, 0.5) is 4.39 Å². The third-order valence-electron chi connectivity index (χ3n) is 5.74. The predicted molar refractivity (Wildman–Crippen MR) is 115 cm³/mol. The van der Waals surface area contributed by atoms with Gasteiger partial charge in [-0.15, -0.1) is 0 Å². The first kappa shape index (κ1) is 19.2. The fourth-order valence-electron chi connectivity index (χ4n) is 4.21. The number of halogens is 1. The Morgan fingerprint density at radius 2 is 1.87 bits per heavy atom. The van der Waals surface area contributed by atoms with Crippen LogP contribution in [0, 0.1) is 5.82 Å². The van der Waals surface area contributed by atoms with Gasteiger partial charge in [0.2, 0.25) is 0 Å². The fourth-order valence-corrected chi connectivity index (χ4v) is 4.21. The van der Waals surface area contributed by atoms with Crippen molar-refractivity contribution in [2.45, 2.75) is 25.3 Å².